The van der Waals surface area contributed by atoms with Gasteiger partial charge in [-0.2, -0.15) is 0 Å². The summed E-state index contributed by atoms with van der Waals surface area (Å²) in [6.07, 6.45) is 0.645. The molecule has 0 fully saturated rings. The molecule has 0 aromatic heterocycles. The first-order valence-corrected chi connectivity index (χ1v) is 9.63. The summed E-state index contributed by atoms with van der Waals surface area (Å²) >= 11 is 0. The molecule has 2 aromatic rings. The zero-order chi connectivity index (χ0) is 13.7. The average Bonchev–Trinajstić information content (AvgIpc) is 2.46. The van der Waals surface area contributed by atoms with Crippen molar-refractivity contribution in [3.63, 3.8) is 0 Å². The Kier molecular flexibility index (Phi) is 4.56. The fourth-order valence-electron chi connectivity index (χ4n) is 2.56. The maximum absolute atomic E-state index is 9.63. The van der Waals surface area contributed by atoms with Crippen LogP contribution in [0, 0.1) is 0 Å². The predicted octanol–water partition coefficient (Wildman–Crippen LogP) is 2.65. The van der Waals surface area contributed by atoms with E-state index >= 15 is 0 Å². The number of hydrogen-bond donors (Lipinski definition) is 1. The monoisotopic (exact) mass is 270 g/mol. The van der Waals surface area contributed by atoms with Gasteiger partial charge in [-0.05, 0) is 19.4 Å². The van der Waals surface area contributed by atoms with Crippen molar-refractivity contribution in [3.05, 3.63) is 60.7 Å². The van der Waals surface area contributed by atoms with E-state index in [4.69, 9.17) is 0 Å². The molecule has 1 N–H and O–H groups in total. The fraction of sp³-hybridized carbons (Fsp3) is 0.294. The second-order valence-corrected chi connectivity index (χ2v) is 9.77. The van der Waals surface area contributed by atoms with E-state index in [1.807, 2.05) is 6.92 Å². The normalized spacial score (nSPS) is 13.2. The van der Waals surface area contributed by atoms with Gasteiger partial charge in [-0.15, -0.1) is 0 Å². The highest BCUT2D eigenvalue weighted by Gasteiger charge is 2.31. The summed E-state index contributed by atoms with van der Waals surface area (Å²) in [5.74, 6) is 0. The zero-order valence-electron chi connectivity index (χ0n) is 11.7. The minimum absolute atomic E-state index is 0.223. The molecular weight excluding hydrogens is 248 g/mol. The van der Waals surface area contributed by atoms with Gasteiger partial charge in [0.05, 0.1) is 6.10 Å². The van der Waals surface area contributed by atoms with Crippen LogP contribution < -0.4 is 10.4 Å². The smallest absolute Gasteiger partial charge is 0.115 e. The van der Waals surface area contributed by atoms with Gasteiger partial charge < -0.3 is 5.11 Å². The number of hydrogen-bond acceptors (Lipinski definition) is 1. The van der Waals surface area contributed by atoms with Crippen molar-refractivity contribution in [2.75, 3.05) is 0 Å². The highest BCUT2D eigenvalue weighted by atomic mass is 28.3. The Morgan fingerprint density at radius 2 is 1.32 bits per heavy atom. The largest absolute Gasteiger partial charge is 0.393 e. The molecule has 1 atom stereocenters. The van der Waals surface area contributed by atoms with E-state index in [-0.39, 0.29) is 6.10 Å². The third-order valence-electron chi connectivity index (χ3n) is 3.88. The lowest BCUT2D eigenvalue weighted by atomic mass is 10.3. The summed E-state index contributed by atoms with van der Waals surface area (Å²) in [5.41, 5.74) is 0. The van der Waals surface area contributed by atoms with Crippen molar-refractivity contribution in [1.82, 2.24) is 0 Å². The van der Waals surface area contributed by atoms with Crippen LogP contribution >= 0.6 is 0 Å². The molecule has 0 amide bonds. The lowest BCUT2D eigenvalue weighted by molar-refractivity contribution is 0.190. The summed E-state index contributed by atoms with van der Waals surface area (Å²) < 4.78 is 0. The van der Waals surface area contributed by atoms with E-state index in [2.05, 4.69) is 67.2 Å². The molecule has 0 spiro atoms. The first-order chi connectivity index (χ1) is 9.13. The Morgan fingerprint density at radius 3 is 1.68 bits per heavy atom. The van der Waals surface area contributed by atoms with Crippen LogP contribution in [0.1, 0.15) is 13.3 Å². The van der Waals surface area contributed by atoms with Crippen molar-refractivity contribution in [3.8, 4) is 0 Å². The van der Waals surface area contributed by atoms with Gasteiger partial charge in [-0.25, -0.2) is 0 Å². The Morgan fingerprint density at radius 1 is 0.895 bits per heavy atom. The van der Waals surface area contributed by atoms with Crippen molar-refractivity contribution < 1.29 is 5.11 Å². The van der Waals surface area contributed by atoms with Crippen LogP contribution in [0.5, 0.6) is 0 Å². The van der Waals surface area contributed by atoms with Gasteiger partial charge in [0.2, 0.25) is 0 Å². The third-order valence-corrected chi connectivity index (χ3v) is 8.39. The average molecular weight is 270 g/mol. The van der Waals surface area contributed by atoms with E-state index < -0.39 is 8.07 Å². The molecule has 0 aliphatic heterocycles. The second kappa shape index (κ2) is 6.18. The number of aliphatic hydroxyl groups excluding tert-OH is 1. The topological polar surface area (TPSA) is 20.2 Å². The molecule has 0 bridgehead atoms. The summed E-state index contributed by atoms with van der Waals surface area (Å²) in [6, 6.07) is 22.6. The number of benzene rings is 2. The van der Waals surface area contributed by atoms with E-state index in [0.717, 1.165) is 12.5 Å². The molecule has 2 heteroatoms. The predicted molar refractivity (Wildman–Crippen MR) is 84.9 cm³/mol. The zero-order valence-corrected chi connectivity index (χ0v) is 12.7. The van der Waals surface area contributed by atoms with Crippen molar-refractivity contribution in [2.24, 2.45) is 0 Å². The second-order valence-electron chi connectivity index (χ2n) is 5.45. The van der Waals surface area contributed by atoms with Gasteiger partial charge >= 0.3 is 0 Å². The molecule has 0 aliphatic carbocycles. The first-order valence-electron chi connectivity index (χ1n) is 6.92. The minimum atomic E-state index is -1.72. The van der Waals surface area contributed by atoms with Crippen LogP contribution in [0.2, 0.25) is 12.6 Å². The number of rotatable bonds is 5. The molecule has 0 aliphatic rings. The molecular formula is C17H22OSi. The fourth-order valence-corrected chi connectivity index (χ4v) is 6.33. The molecule has 2 aromatic carbocycles. The molecule has 0 saturated heterocycles. The minimum Gasteiger partial charge on any atom is -0.393 e. The first kappa shape index (κ1) is 14.0. The molecule has 0 heterocycles. The van der Waals surface area contributed by atoms with Crippen LogP contribution in [0.25, 0.3) is 0 Å². The standard InChI is InChI=1S/C17H22OSi/c1-15(18)13-14-19(2,16-9-5-3-6-10-16)17-11-7-4-8-12-17/h3-12,15,18H,13-14H2,1-2H3/t15-/m0/s1. The van der Waals surface area contributed by atoms with Gasteiger partial charge in [-0.1, -0.05) is 77.6 Å². The molecule has 0 unspecified atom stereocenters. The van der Waals surface area contributed by atoms with Gasteiger partial charge in [0.15, 0.2) is 0 Å². The summed E-state index contributed by atoms with van der Waals surface area (Å²) in [6.45, 7) is 4.28. The SMILES string of the molecule is C[C@H](O)CC[Si](C)(c1ccccc1)c1ccccc1. The van der Waals surface area contributed by atoms with E-state index in [1.165, 1.54) is 10.4 Å². The lowest BCUT2D eigenvalue weighted by Gasteiger charge is -2.29. The van der Waals surface area contributed by atoms with Crippen molar-refractivity contribution in [1.29, 1.82) is 0 Å². The number of aliphatic hydroxyl groups is 1. The van der Waals surface area contributed by atoms with Gasteiger partial charge in [0.25, 0.3) is 0 Å². The lowest BCUT2D eigenvalue weighted by Crippen LogP contribution is -2.55. The van der Waals surface area contributed by atoms with Gasteiger partial charge in [-0.3, -0.25) is 0 Å². The van der Waals surface area contributed by atoms with Crippen LogP contribution in [0.4, 0.5) is 0 Å². The van der Waals surface area contributed by atoms with Crippen LogP contribution in [0.3, 0.4) is 0 Å². The van der Waals surface area contributed by atoms with E-state index in [9.17, 15) is 5.11 Å². The Bertz CT molecular complexity index is 454. The molecule has 0 radical (unpaired) electrons. The highest BCUT2D eigenvalue weighted by molar-refractivity contribution is 7.01. The van der Waals surface area contributed by atoms with Crippen molar-refractivity contribution >= 4 is 18.4 Å². The Balaban J connectivity index is 2.39. The third kappa shape index (κ3) is 3.34. The maximum atomic E-state index is 9.63. The summed E-state index contributed by atoms with van der Waals surface area (Å²) in [5, 5.41) is 12.5. The van der Waals surface area contributed by atoms with Gasteiger partial charge in [0.1, 0.15) is 8.07 Å². The quantitative estimate of drug-likeness (QED) is 0.828. The molecule has 2 rings (SSSR count). The Labute approximate surface area is 116 Å². The summed E-state index contributed by atoms with van der Waals surface area (Å²) in [7, 11) is -1.72. The highest BCUT2D eigenvalue weighted by Crippen LogP contribution is 2.15. The van der Waals surface area contributed by atoms with Crippen LogP contribution in [-0.4, -0.2) is 19.3 Å². The van der Waals surface area contributed by atoms with E-state index in [1.54, 1.807) is 0 Å². The molecule has 19 heavy (non-hydrogen) atoms. The van der Waals surface area contributed by atoms with E-state index in [0.29, 0.717) is 0 Å². The Hall–Kier alpha value is -1.38. The maximum Gasteiger partial charge on any atom is 0.115 e. The molecule has 100 valence electrons. The summed E-state index contributed by atoms with van der Waals surface area (Å²) in [4.78, 5) is 0. The van der Waals surface area contributed by atoms with Crippen LogP contribution in [-0.2, 0) is 0 Å². The molecule has 1 nitrogen and oxygen atoms in total. The van der Waals surface area contributed by atoms with Gasteiger partial charge in [0, 0.05) is 0 Å². The van der Waals surface area contributed by atoms with Crippen molar-refractivity contribution in [2.45, 2.75) is 32.0 Å². The molecule has 0 saturated carbocycles. The van der Waals surface area contributed by atoms with Crippen LogP contribution in [0.15, 0.2) is 60.7 Å².